The molecule has 1 aliphatic rings. The second-order valence-corrected chi connectivity index (χ2v) is 3.28. The SMILES string of the molecule is Cl.Cl.Cl.O=C(c1ccncc1)N1CCNCC1. The molecule has 0 aliphatic carbocycles. The number of carbonyl (C=O) groups excluding carboxylic acids is 1. The number of hydrogen-bond acceptors (Lipinski definition) is 3. The number of hydrogen-bond donors (Lipinski definition) is 1. The number of piperazine rings is 1. The minimum Gasteiger partial charge on any atom is -0.336 e. The summed E-state index contributed by atoms with van der Waals surface area (Å²) in [6.07, 6.45) is 3.30. The lowest BCUT2D eigenvalue weighted by molar-refractivity contribution is 0.0735. The first-order valence-corrected chi connectivity index (χ1v) is 4.78. The van der Waals surface area contributed by atoms with Crippen molar-refractivity contribution in [3.05, 3.63) is 30.1 Å². The van der Waals surface area contributed by atoms with Crippen molar-refractivity contribution >= 4 is 43.1 Å². The number of nitrogens with zero attached hydrogens (tertiary/aromatic N) is 2. The number of aromatic nitrogens is 1. The zero-order valence-corrected chi connectivity index (χ0v) is 11.6. The molecule has 0 atom stereocenters. The molecule has 1 aliphatic heterocycles. The largest absolute Gasteiger partial charge is 0.336 e. The monoisotopic (exact) mass is 299 g/mol. The van der Waals surface area contributed by atoms with Gasteiger partial charge in [-0.05, 0) is 12.1 Å². The molecule has 98 valence electrons. The van der Waals surface area contributed by atoms with Gasteiger partial charge in [-0.2, -0.15) is 0 Å². The molecular formula is C10H16Cl3N3O. The fraction of sp³-hybridized carbons (Fsp3) is 0.400. The number of nitrogens with one attached hydrogen (secondary N) is 1. The number of pyridine rings is 1. The lowest BCUT2D eigenvalue weighted by Crippen LogP contribution is -2.46. The van der Waals surface area contributed by atoms with Crippen molar-refractivity contribution in [3.63, 3.8) is 0 Å². The highest BCUT2D eigenvalue weighted by molar-refractivity contribution is 5.94. The molecular weight excluding hydrogens is 284 g/mol. The van der Waals surface area contributed by atoms with E-state index in [1.807, 2.05) is 4.90 Å². The smallest absolute Gasteiger partial charge is 0.254 e. The second-order valence-electron chi connectivity index (χ2n) is 3.28. The van der Waals surface area contributed by atoms with Gasteiger partial charge < -0.3 is 10.2 Å². The van der Waals surface area contributed by atoms with E-state index in [1.54, 1.807) is 24.5 Å². The first-order valence-electron chi connectivity index (χ1n) is 4.78. The summed E-state index contributed by atoms with van der Waals surface area (Å²) in [5.74, 6) is 0.105. The van der Waals surface area contributed by atoms with E-state index < -0.39 is 0 Å². The van der Waals surface area contributed by atoms with Crippen molar-refractivity contribution in [1.29, 1.82) is 0 Å². The predicted octanol–water partition coefficient (Wildman–Crippen LogP) is 1.39. The van der Waals surface area contributed by atoms with Crippen LogP contribution in [0.5, 0.6) is 0 Å². The Morgan fingerprint density at radius 2 is 1.65 bits per heavy atom. The molecule has 2 heterocycles. The first kappa shape index (κ1) is 18.8. The molecule has 1 fully saturated rings. The molecule has 17 heavy (non-hydrogen) atoms. The summed E-state index contributed by atoms with van der Waals surface area (Å²) in [5, 5.41) is 3.21. The van der Waals surface area contributed by atoms with Crippen molar-refractivity contribution in [3.8, 4) is 0 Å². The normalized spacial score (nSPS) is 13.8. The standard InChI is InChI=1S/C10H13N3O.3ClH/c14-10(9-1-3-11-4-2-9)13-7-5-12-6-8-13;;;/h1-4,12H,5-8H2;3*1H. The zero-order valence-electron chi connectivity index (χ0n) is 9.17. The molecule has 0 saturated carbocycles. The minimum absolute atomic E-state index is 0. The Labute approximate surface area is 119 Å². The fourth-order valence-electron chi connectivity index (χ4n) is 1.54. The van der Waals surface area contributed by atoms with Crippen LogP contribution in [0.2, 0.25) is 0 Å². The molecule has 1 aromatic rings. The molecule has 1 saturated heterocycles. The van der Waals surface area contributed by atoms with Crippen LogP contribution in [0.1, 0.15) is 10.4 Å². The van der Waals surface area contributed by atoms with Crippen LogP contribution in [-0.2, 0) is 0 Å². The lowest BCUT2D eigenvalue weighted by Gasteiger charge is -2.27. The van der Waals surface area contributed by atoms with Crippen LogP contribution in [0, 0.1) is 0 Å². The summed E-state index contributed by atoms with van der Waals surface area (Å²) in [5.41, 5.74) is 0.724. The minimum atomic E-state index is 0. The molecule has 2 rings (SSSR count). The van der Waals surface area contributed by atoms with Gasteiger partial charge in [-0.1, -0.05) is 0 Å². The highest BCUT2D eigenvalue weighted by Gasteiger charge is 2.16. The van der Waals surface area contributed by atoms with Crippen LogP contribution < -0.4 is 5.32 Å². The van der Waals surface area contributed by atoms with E-state index in [9.17, 15) is 4.79 Å². The van der Waals surface area contributed by atoms with Gasteiger partial charge in [-0.15, -0.1) is 37.2 Å². The maximum Gasteiger partial charge on any atom is 0.254 e. The summed E-state index contributed by atoms with van der Waals surface area (Å²) >= 11 is 0. The van der Waals surface area contributed by atoms with Gasteiger partial charge in [0, 0.05) is 44.1 Å². The summed E-state index contributed by atoms with van der Waals surface area (Å²) in [7, 11) is 0. The Hall–Kier alpha value is -0.550. The molecule has 7 heteroatoms. The molecule has 4 nitrogen and oxygen atoms in total. The van der Waals surface area contributed by atoms with E-state index in [1.165, 1.54) is 0 Å². The summed E-state index contributed by atoms with van der Waals surface area (Å²) < 4.78 is 0. The quantitative estimate of drug-likeness (QED) is 0.852. The molecule has 0 radical (unpaired) electrons. The molecule has 1 aromatic heterocycles. The van der Waals surface area contributed by atoms with E-state index in [2.05, 4.69) is 10.3 Å². The Kier molecular flexibility index (Phi) is 10.5. The maximum atomic E-state index is 11.9. The molecule has 0 aromatic carbocycles. The zero-order chi connectivity index (χ0) is 9.80. The van der Waals surface area contributed by atoms with Crippen LogP contribution >= 0.6 is 37.2 Å². The van der Waals surface area contributed by atoms with Crippen molar-refractivity contribution in [2.24, 2.45) is 0 Å². The van der Waals surface area contributed by atoms with Crippen LogP contribution in [-0.4, -0.2) is 42.0 Å². The van der Waals surface area contributed by atoms with E-state index >= 15 is 0 Å². The van der Waals surface area contributed by atoms with E-state index in [0.717, 1.165) is 31.7 Å². The number of rotatable bonds is 1. The Morgan fingerprint density at radius 3 is 2.18 bits per heavy atom. The molecule has 0 unspecified atom stereocenters. The van der Waals surface area contributed by atoms with Gasteiger partial charge in [-0.3, -0.25) is 9.78 Å². The molecule has 1 N–H and O–H groups in total. The Bertz CT molecular complexity index is 318. The van der Waals surface area contributed by atoms with E-state index in [0.29, 0.717) is 0 Å². The van der Waals surface area contributed by atoms with Gasteiger partial charge in [-0.25, -0.2) is 0 Å². The van der Waals surface area contributed by atoms with Gasteiger partial charge >= 0.3 is 0 Å². The topological polar surface area (TPSA) is 45.2 Å². The summed E-state index contributed by atoms with van der Waals surface area (Å²) in [6.45, 7) is 3.36. The maximum absolute atomic E-state index is 11.9. The van der Waals surface area contributed by atoms with E-state index in [-0.39, 0.29) is 43.1 Å². The van der Waals surface area contributed by atoms with Gasteiger partial charge in [0.25, 0.3) is 5.91 Å². The second kappa shape index (κ2) is 9.48. The fourth-order valence-corrected chi connectivity index (χ4v) is 1.54. The van der Waals surface area contributed by atoms with Crippen LogP contribution in [0.4, 0.5) is 0 Å². The average molecular weight is 301 g/mol. The van der Waals surface area contributed by atoms with Gasteiger partial charge in [0.15, 0.2) is 0 Å². The third-order valence-corrected chi connectivity index (χ3v) is 2.33. The highest BCUT2D eigenvalue weighted by Crippen LogP contribution is 2.03. The van der Waals surface area contributed by atoms with Crippen LogP contribution in [0.3, 0.4) is 0 Å². The van der Waals surface area contributed by atoms with Crippen molar-refractivity contribution in [2.75, 3.05) is 26.2 Å². The third kappa shape index (κ3) is 5.08. The summed E-state index contributed by atoms with van der Waals surface area (Å²) in [4.78, 5) is 17.6. The number of carbonyl (C=O) groups is 1. The number of halogens is 3. The van der Waals surface area contributed by atoms with Gasteiger partial charge in [0.1, 0.15) is 0 Å². The Balaban J connectivity index is 0. The molecule has 1 amide bonds. The van der Waals surface area contributed by atoms with Gasteiger partial charge in [0.2, 0.25) is 0 Å². The Morgan fingerprint density at radius 1 is 1.12 bits per heavy atom. The highest BCUT2D eigenvalue weighted by atomic mass is 35.5. The third-order valence-electron chi connectivity index (χ3n) is 2.33. The van der Waals surface area contributed by atoms with Crippen LogP contribution in [0.15, 0.2) is 24.5 Å². The first-order chi connectivity index (χ1) is 6.88. The lowest BCUT2D eigenvalue weighted by atomic mass is 10.2. The molecule has 0 spiro atoms. The summed E-state index contributed by atoms with van der Waals surface area (Å²) in [6, 6.07) is 3.51. The predicted molar refractivity (Wildman–Crippen MR) is 74.8 cm³/mol. The average Bonchev–Trinajstić information content (AvgIpc) is 2.30. The van der Waals surface area contributed by atoms with E-state index in [4.69, 9.17) is 0 Å². The number of amides is 1. The van der Waals surface area contributed by atoms with Gasteiger partial charge in [0.05, 0.1) is 0 Å². The van der Waals surface area contributed by atoms with Crippen molar-refractivity contribution in [2.45, 2.75) is 0 Å². The van der Waals surface area contributed by atoms with Crippen molar-refractivity contribution in [1.82, 2.24) is 15.2 Å². The van der Waals surface area contributed by atoms with Crippen molar-refractivity contribution < 1.29 is 4.79 Å². The van der Waals surface area contributed by atoms with Crippen LogP contribution in [0.25, 0.3) is 0 Å². The molecule has 0 bridgehead atoms.